The van der Waals surface area contributed by atoms with E-state index < -0.39 is 78.5 Å². The summed E-state index contributed by atoms with van der Waals surface area (Å²) in [4.78, 5) is 98.3. The van der Waals surface area contributed by atoms with E-state index >= 15 is 0 Å². The van der Waals surface area contributed by atoms with Gasteiger partial charge in [-0.1, -0.05) is 117 Å². The molecule has 24 atom stereocenters. The number of amides is 5. The van der Waals surface area contributed by atoms with Crippen molar-refractivity contribution in [1.82, 2.24) is 56.0 Å². The van der Waals surface area contributed by atoms with Gasteiger partial charge in [0.05, 0.1) is 81.6 Å². The fraction of sp³-hybridized carbons (Fsp3) is 0.632. The number of benzene rings is 6. The van der Waals surface area contributed by atoms with Crippen LogP contribution < -0.4 is 61.2 Å². The Morgan fingerprint density at radius 1 is 0.429 bits per heavy atom. The zero-order chi connectivity index (χ0) is 109. The van der Waals surface area contributed by atoms with Crippen LogP contribution in [0.1, 0.15) is 169 Å². The maximum Gasteiger partial charge on any atom is 0.335 e. The first kappa shape index (κ1) is 119. The van der Waals surface area contributed by atoms with E-state index in [1.807, 2.05) is 221 Å². The molecule has 12 aliphatic rings. The summed E-state index contributed by atoms with van der Waals surface area (Å²) >= 11 is 0. The number of likely N-dealkylation sites (N-methyl/N-ethyl adjacent to an activating group) is 3. The number of hydrogen-bond acceptors (Lipinski definition) is 25. The number of aliphatic hydroxyl groups is 6. The predicted octanol–water partition coefficient (Wildman–Crippen LogP) is 9.61. The van der Waals surface area contributed by atoms with Crippen LogP contribution in [0.3, 0.4) is 0 Å². The number of nitrogens with zero attached hydrogens (tertiary/aromatic N) is 9. The van der Waals surface area contributed by atoms with Crippen LogP contribution in [0.5, 0.6) is 17.2 Å². The van der Waals surface area contributed by atoms with Gasteiger partial charge in [-0.15, -0.1) is 0 Å². The number of rotatable bonds is 35. The summed E-state index contributed by atoms with van der Waals surface area (Å²) in [5.74, 6) is 2.92. The van der Waals surface area contributed by atoms with Crippen LogP contribution >= 0.6 is 0 Å². The molecule has 33 heteroatoms. The molecule has 0 spiro atoms. The van der Waals surface area contributed by atoms with E-state index in [9.17, 15) is 64.5 Å². The number of carbonyl (C=O) groups excluding carboxylic acids is 5. The number of β-amino-alcohol motifs (C(OH)–C–C–N with tert-alkyl or cyclic N) is 3. The maximum atomic E-state index is 14.1. The number of hydrogen-bond donors (Lipinski definition) is 13. The number of fused-ring (bicyclic) bond motifs is 6. The first-order chi connectivity index (χ1) is 69.3. The Bertz CT molecular complexity index is 5260. The molecule has 3 heterocycles. The van der Waals surface area contributed by atoms with Gasteiger partial charge in [-0.3, -0.25) is 38.7 Å². The Labute approximate surface area is 902 Å². The summed E-state index contributed by atoms with van der Waals surface area (Å²) in [5, 5.41) is 91.5. The molecule has 2 radical (unpaired) electrons. The molecule has 9 saturated carbocycles. The summed E-state index contributed by atoms with van der Waals surface area (Å²) in [5.41, 5.74) is 17.2. The standard InChI is InChI=1S/2C38H57N5O5.C34H47N3O6.C4H12N2.BH.U/c2*1-22-30-18-27(38(30,3)4)19-31(22)40-37(47)34-33(23(2)44)32(45)21-43(34)20-24-11-10-12-29(35(24)48-9)25-15-26(17-28(16-25)42(7)8)36(46)39-13-14-41(5)6;1-18-26-14-23(34(26,3)4)15-27(18)35-32(40)30-29(19(2)38)28(39)17-37(30)16-20-9-8-10-25(31(20)43-7)21-11-22(33(41)42)13-24(12-21)36(5)6;1-6(2)4-3-5;;/h2*10-12,15-17,22-23,27,30-34,44-45H,13-14,18-21H2,1-9H3,(H,39,46)(H,40,47);8-13,18-19,23,26-30,38-39H,14-17H2,1-7H3,(H,35,40)(H,41,42);3-5H2,1-2H3;1H;/t2*22-,23-,27+,30-,31?,32-,33+,34-;18-,19-,23+,26-,27?,28-,29+,30-;;;/m000.../s1/i;;;;1T;. The molecule has 5 amide bonds. The van der Waals surface area contributed by atoms with Gasteiger partial charge in [0.25, 0.3) is 11.8 Å². The molecule has 9 aliphatic carbocycles. The van der Waals surface area contributed by atoms with Gasteiger partial charge in [-0.05, 0) is 244 Å². The van der Waals surface area contributed by atoms with Crippen LogP contribution in [0.2, 0.25) is 0 Å². The third kappa shape index (κ3) is 26.9. The third-order valence-electron chi connectivity index (χ3n) is 34.7. The summed E-state index contributed by atoms with van der Waals surface area (Å²) < 4.78 is 23.2. The van der Waals surface area contributed by atoms with Crippen molar-refractivity contribution in [1.29, 1.82) is 1.34 Å². The minimum Gasteiger partial charge on any atom is -0.496 e. The molecule has 147 heavy (non-hydrogen) atoms. The second kappa shape index (κ2) is 50.9. The second-order valence-electron chi connectivity index (χ2n) is 46.5. The molecule has 31 nitrogen and oxygen atoms in total. The van der Waals surface area contributed by atoms with E-state index in [0.29, 0.717) is 136 Å². The van der Waals surface area contributed by atoms with Crippen molar-refractivity contribution in [3.8, 4) is 50.6 Å². The predicted molar refractivity (Wildman–Crippen MR) is 581 cm³/mol. The number of nitrogens with one attached hydrogen (secondary N) is 5. The fourth-order valence-corrected chi connectivity index (χ4v) is 25.8. The van der Waals surface area contributed by atoms with E-state index in [2.05, 4.69) is 102 Å². The summed E-state index contributed by atoms with van der Waals surface area (Å²) in [6.07, 6.45) is 1.38. The second-order valence-corrected chi connectivity index (χ2v) is 46.5. The van der Waals surface area contributed by atoms with Gasteiger partial charge < -0.3 is 112 Å². The van der Waals surface area contributed by atoms with Crippen molar-refractivity contribution in [2.75, 3.05) is 180 Å². The van der Waals surface area contributed by atoms with Crippen LogP contribution in [0.15, 0.2) is 109 Å². The molecule has 18 rings (SSSR count). The van der Waals surface area contributed by atoms with Gasteiger partial charge in [0, 0.05) is 258 Å². The molecule has 6 bridgehead atoms. The van der Waals surface area contributed by atoms with Gasteiger partial charge in [-0.25, -0.2) is 4.79 Å². The first-order valence-electron chi connectivity index (χ1n) is 53.0. The molecule has 808 valence electrons. The number of methoxy groups -OCH3 is 3. The van der Waals surface area contributed by atoms with Crippen LogP contribution in [0, 0.1) is 118 Å². The minimum absolute atomic E-state index is 0. The SMILES string of the molecule is CN(C)CCN.COc1c(CN2C[C@H](O)[C@@H]([C@H](C)O)[C@H]2C(=O)NC2C[C@H]3C[C@@H]([C@@H]2C)C3(C)C)cccc1-c1cc(C(=O)NCCN(C)C)cc(N(C)C)c1.COc1c(CN2C[C@H](O)[C@@H]([C@H](C)O)[C@H]2C(=O)NC2C[C@H]3C[C@@H]([C@@H]2C)C3(C)C)cccc1-c1cc(C(=O)NCCN(C)C)cc(N(C)C)c1.COc1c(CN2C[C@H](O)[C@@H]([C@H](C)O)[C@H]2C(=O)NC2C[C@H]3C[C@@H]([C@@H]2C)C3(C)C)cccc1-c1cc(C(=O)O)cc(N(C)C)c1.[3H][B].[U]. The topological polar surface area (TPSA) is 387 Å². The van der Waals surface area contributed by atoms with E-state index in [0.717, 1.165) is 107 Å². The number of para-hydroxylation sites is 3. The molecule has 0 aromatic heterocycles. The van der Waals surface area contributed by atoms with Crippen LogP contribution in [0.25, 0.3) is 33.4 Å². The quantitative estimate of drug-likeness (QED) is 0.0165. The minimum atomic E-state index is -1.02. The van der Waals surface area contributed by atoms with Gasteiger partial charge >= 0.3 is 5.97 Å². The van der Waals surface area contributed by atoms with Gasteiger partial charge in [-0.2, -0.15) is 0 Å². The number of aromatic carboxylic acids is 1. The Morgan fingerprint density at radius 2 is 0.694 bits per heavy atom. The number of carboxylic acid groups (broad SMARTS) is 1. The van der Waals surface area contributed by atoms with Gasteiger partial charge in [0.2, 0.25) is 17.7 Å². The molecule has 3 aliphatic heterocycles. The van der Waals surface area contributed by atoms with Gasteiger partial charge in [0.15, 0.2) is 0 Å². The zero-order valence-corrected chi connectivity index (χ0v) is 96.6. The van der Waals surface area contributed by atoms with Crippen molar-refractivity contribution >= 4 is 60.9 Å². The van der Waals surface area contributed by atoms with Crippen molar-refractivity contribution in [2.24, 2.45) is 93.0 Å². The molecule has 6 aromatic rings. The van der Waals surface area contributed by atoms with E-state index in [4.69, 9.17) is 21.3 Å². The number of anilines is 3. The van der Waals surface area contributed by atoms with Crippen molar-refractivity contribution in [2.45, 2.75) is 214 Å². The number of aliphatic hydroxyl groups excluding tert-OH is 6. The van der Waals surface area contributed by atoms with E-state index in [1.54, 1.807) is 54.2 Å². The average Bonchev–Trinajstić information content (AvgIpc) is 0.784. The Balaban J connectivity index is 0.000000218. The molecule has 14 N–H and O–H groups in total. The molecule has 3 saturated heterocycles. The Kier molecular flexibility index (Phi) is 41.1. The summed E-state index contributed by atoms with van der Waals surface area (Å²) in [6, 6.07) is 32.5. The van der Waals surface area contributed by atoms with Crippen molar-refractivity contribution in [3.63, 3.8) is 0 Å². The Hall–Kier alpha value is -8.46. The van der Waals surface area contributed by atoms with Gasteiger partial charge in [0.1, 0.15) is 17.2 Å². The molecule has 6 aromatic carbocycles. The van der Waals surface area contributed by atoms with Crippen LogP contribution in [-0.4, -0.2) is 348 Å². The Morgan fingerprint density at radius 3 is 0.912 bits per heavy atom. The van der Waals surface area contributed by atoms with E-state index in [-0.39, 0.29) is 104 Å². The number of carboxylic acids is 1. The van der Waals surface area contributed by atoms with Crippen molar-refractivity contribution < 1.29 is 110 Å². The van der Waals surface area contributed by atoms with Crippen LogP contribution in [-0.2, 0) is 34.0 Å². The molecular weight excluding hydrogens is 2080 g/mol. The van der Waals surface area contributed by atoms with Crippen LogP contribution in [0.4, 0.5) is 17.1 Å². The number of ether oxygens (including phenoxy) is 3. The maximum absolute atomic E-state index is 14.1. The first-order valence-corrected chi connectivity index (χ1v) is 52.4. The van der Waals surface area contributed by atoms with Crippen molar-refractivity contribution in [3.05, 3.63) is 143 Å². The number of nitrogens with two attached hydrogens (primary N) is 1. The zero-order valence-electron chi connectivity index (χ0n) is 93.5. The molecule has 12 fully saturated rings. The van der Waals surface area contributed by atoms with E-state index in [1.165, 1.54) is 19.3 Å². The smallest absolute Gasteiger partial charge is 0.335 e. The number of carbonyl (C=O) groups is 6. The summed E-state index contributed by atoms with van der Waals surface area (Å²) in [6.45, 7) is 31.8. The summed E-state index contributed by atoms with van der Waals surface area (Å²) in [7, 11) is 32.0. The molecule has 3 unspecified atom stereocenters. The number of likely N-dealkylation sites (tertiary alicyclic amines) is 3. The molecular formula is C114H174BN15O16U. The monoisotopic (exact) mass is 2260 g/mol. The normalized spacial score (nSPS) is 27.9. The average molecular weight is 2260 g/mol. The third-order valence-corrected chi connectivity index (χ3v) is 34.7. The largest absolute Gasteiger partial charge is 0.496 e. The fourth-order valence-electron chi connectivity index (χ4n) is 25.8.